The van der Waals surface area contributed by atoms with Gasteiger partial charge in [-0.25, -0.2) is 0 Å². The second-order valence-electron chi connectivity index (χ2n) is 5.00. The molecule has 2 bridgehead atoms. The van der Waals surface area contributed by atoms with Crippen molar-refractivity contribution in [3.05, 3.63) is 36.5 Å². The van der Waals surface area contributed by atoms with Crippen LogP contribution in [-0.2, 0) is 0 Å². The van der Waals surface area contributed by atoms with Crippen LogP contribution in [0, 0.1) is 0 Å². The van der Waals surface area contributed by atoms with E-state index in [0.717, 1.165) is 18.6 Å². The number of fused-ring (bicyclic) bond motifs is 3. The Kier molecular flexibility index (Phi) is 1.91. The Morgan fingerprint density at radius 3 is 3.00 bits per heavy atom. The summed E-state index contributed by atoms with van der Waals surface area (Å²) in [5.74, 6) is 0. The first-order valence-corrected chi connectivity index (χ1v) is 6.25. The van der Waals surface area contributed by atoms with Crippen molar-refractivity contribution in [1.29, 1.82) is 0 Å². The molecule has 2 fully saturated rings. The van der Waals surface area contributed by atoms with E-state index in [2.05, 4.69) is 39.5 Å². The second kappa shape index (κ2) is 3.44. The van der Waals surface area contributed by atoms with Crippen molar-refractivity contribution >= 4 is 16.6 Å². The van der Waals surface area contributed by atoms with Crippen LogP contribution in [0.25, 0.3) is 10.9 Å². The van der Waals surface area contributed by atoms with Crippen LogP contribution in [0.4, 0.5) is 5.69 Å². The van der Waals surface area contributed by atoms with Gasteiger partial charge in [0.05, 0.1) is 11.2 Å². The number of hydrogen-bond donors (Lipinski definition) is 1. The molecule has 86 valence electrons. The molecule has 2 aromatic rings. The van der Waals surface area contributed by atoms with Gasteiger partial charge in [0.15, 0.2) is 0 Å². The van der Waals surface area contributed by atoms with E-state index in [1.165, 1.54) is 17.5 Å². The molecule has 1 aromatic heterocycles. The molecule has 3 nitrogen and oxygen atoms in total. The van der Waals surface area contributed by atoms with E-state index in [1.807, 2.05) is 12.3 Å². The molecule has 0 spiro atoms. The van der Waals surface area contributed by atoms with E-state index in [1.54, 1.807) is 0 Å². The number of aromatic nitrogens is 1. The molecule has 1 N–H and O–H groups in total. The van der Waals surface area contributed by atoms with Crippen LogP contribution in [0.5, 0.6) is 0 Å². The van der Waals surface area contributed by atoms with Gasteiger partial charge in [0.1, 0.15) is 0 Å². The Balaban J connectivity index is 1.85. The molecule has 2 saturated heterocycles. The standard InChI is InChI=1S/C14H15N3/c1-3-10-4-2-6-15-14(10)13(5-1)17-9-11-7-12(17)8-16-11/h1-6,11-12,16H,7-9H2/t11-,12-/m0/s1. The van der Waals surface area contributed by atoms with Gasteiger partial charge in [-0.3, -0.25) is 4.98 Å². The molecule has 0 unspecified atom stereocenters. The lowest BCUT2D eigenvalue weighted by molar-refractivity contribution is 0.581. The van der Waals surface area contributed by atoms with Gasteiger partial charge in [0.2, 0.25) is 0 Å². The zero-order valence-corrected chi connectivity index (χ0v) is 9.63. The summed E-state index contributed by atoms with van der Waals surface area (Å²) in [6, 6.07) is 12.0. The highest BCUT2D eigenvalue weighted by molar-refractivity contribution is 5.91. The van der Waals surface area contributed by atoms with Gasteiger partial charge in [-0.2, -0.15) is 0 Å². The van der Waals surface area contributed by atoms with E-state index in [4.69, 9.17) is 0 Å². The average Bonchev–Trinajstić information content (AvgIpc) is 3.00. The molecule has 3 heterocycles. The summed E-state index contributed by atoms with van der Waals surface area (Å²) in [4.78, 5) is 7.07. The summed E-state index contributed by atoms with van der Waals surface area (Å²) in [6.45, 7) is 2.24. The number of piperazine rings is 1. The monoisotopic (exact) mass is 225 g/mol. The van der Waals surface area contributed by atoms with Gasteiger partial charge in [0.25, 0.3) is 0 Å². The maximum absolute atomic E-state index is 4.55. The molecule has 0 amide bonds. The van der Waals surface area contributed by atoms with Crippen LogP contribution in [0.1, 0.15) is 6.42 Å². The first-order chi connectivity index (χ1) is 8.42. The molecule has 4 rings (SSSR count). The van der Waals surface area contributed by atoms with Gasteiger partial charge in [-0.15, -0.1) is 0 Å². The SMILES string of the molecule is c1cnc2c(N3C[C@@H]4C[C@H]3CN4)cccc2c1. The largest absolute Gasteiger partial charge is 0.364 e. The number of nitrogens with zero attached hydrogens (tertiary/aromatic N) is 2. The van der Waals surface area contributed by atoms with E-state index >= 15 is 0 Å². The lowest BCUT2D eigenvalue weighted by Gasteiger charge is -2.30. The number of nitrogens with one attached hydrogen (secondary N) is 1. The van der Waals surface area contributed by atoms with Crippen LogP contribution in [0.2, 0.25) is 0 Å². The van der Waals surface area contributed by atoms with Crippen molar-refractivity contribution in [3.63, 3.8) is 0 Å². The van der Waals surface area contributed by atoms with Gasteiger partial charge in [0, 0.05) is 36.8 Å². The minimum atomic E-state index is 0.660. The number of pyridine rings is 1. The van der Waals surface area contributed by atoms with Crippen LogP contribution < -0.4 is 10.2 Å². The van der Waals surface area contributed by atoms with Crippen LogP contribution >= 0.6 is 0 Å². The van der Waals surface area contributed by atoms with E-state index in [9.17, 15) is 0 Å². The maximum Gasteiger partial charge on any atom is 0.0935 e. The molecule has 2 aliphatic heterocycles. The third kappa shape index (κ3) is 1.35. The minimum absolute atomic E-state index is 0.660. The summed E-state index contributed by atoms with van der Waals surface area (Å²) < 4.78 is 0. The predicted molar refractivity (Wildman–Crippen MR) is 69.3 cm³/mol. The molecule has 17 heavy (non-hydrogen) atoms. The summed E-state index contributed by atoms with van der Waals surface area (Å²) >= 11 is 0. The predicted octanol–water partition coefficient (Wildman–Crippen LogP) is 1.79. The average molecular weight is 225 g/mol. The highest BCUT2D eigenvalue weighted by Crippen LogP contribution is 2.33. The second-order valence-corrected chi connectivity index (χ2v) is 5.00. The van der Waals surface area contributed by atoms with Crippen molar-refractivity contribution in [1.82, 2.24) is 10.3 Å². The third-order valence-electron chi connectivity index (χ3n) is 3.98. The fourth-order valence-corrected chi connectivity index (χ4v) is 3.18. The Bertz CT molecular complexity index is 561. The smallest absolute Gasteiger partial charge is 0.0935 e. The maximum atomic E-state index is 4.55. The normalized spacial score (nSPS) is 26.9. The summed E-state index contributed by atoms with van der Waals surface area (Å²) in [5.41, 5.74) is 2.44. The Morgan fingerprint density at radius 2 is 2.18 bits per heavy atom. The number of anilines is 1. The highest BCUT2D eigenvalue weighted by atomic mass is 15.3. The molecular formula is C14H15N3. The fraction of sp³-hybridized carbons (Fsp3) is 0.357. The molecule has 0 aliphatic carbocycles. The van der Waals surface area contributed by atoms with Gasteiger partial charge in [-0.05, 0) is 18.6 Å². The van der Waals surface area contributed by atoms with Crippen LogP contribution in [0.15, 0.2) is 36.5 Å². The Morgan fingerprint density at radius 1 is 1.24 bits per heavy atom. The quantitative estimate of drug-likeness (QED) is 0.802. The van der Waals surface area contributed by atoms with Crippen LogP contribution in [-0.4, -0.2) is 30.2 Å². The van der Waals surface area contributed by atoms with Crippen LogP contribution in [0.3, 0.4) is 0 Å². The highest BCUT2D eigenvalue weighted by Gasteiger charge is 2.38. The number of hydrogen-bond acceptors (Lipinski definition) is 3. The van der Waals surface area contributed by atoms with E-state index in [-0.39, 0.29) is 0 Å². The van der Waals surface area contributed by atoms with Crippen molar-refractivity contribution in [2.45, 2.75) is 18.5 Å². The molecule has 3 heteroatoms. The third-order valence-corrected chi connectivity index (χ3v) is 3.98. The minimum Gasteiger partial charge on any atom is -0.364 e. The van der Waals surface area contributed by atoms with E-state index < -0.39 is 0 Å². The zero-order valence-electron chi connectivity index (χ0n) is 9.63. The molecule has 2 aliphatic rings. The zero-order chi connectivity index (χ0) is 11.2. The number of para-hydroxylation sites is 1. The summed E-state index contributed by atoms with van der Waals surface area (Å²) in [5, 5.41) is 4.78. The molecule has 0 radical (unpaired) electrons. The lowest BCUT2D eigenvalue weighted by Crippen LogP contribution is -2.43. The first kappa shape index (κ1) is 9.42. The Labute approximate surface area is 100 Å². The summed E-state index contributed by atoms with van der Waals surface area (Å²) in [7, 11) is 0. The van der Waals surface area contributed by atoms with E-state index in [0.29, 0.717) is 12.1 Å². The first-order valence-electron chi connectivity index (χ1n) is 6.25. The fourth-order valence-electron chi connectivity index (χ4n) is 3.18. The number of rotatable bonds is 1. The van der Waals surface area contributed by atoms with Crippen molar-refractivity contribution < 1.29 is 0 Å². The van der Waals surface area contributed by atoms with Crippen molar-refractivity contribution in [3.8, 4) is 0 Å². The van der Waals surface area contributed by atoms with Crippen molar-refractivity contribution in [2.75, 3.05) is 18.0 Å². The Hall–Kier alpha value is -1.61. The lowest BCUT2D eigenvalue weighted by atomic mass is 10.1. The van der Waals surface area contributed by atoms with Gasteiger partial charge in [-0.1, -0.05) is 18.2 Å². The van der Waals surface area contributed by atoms with Gasteiger partial charge < -0.3 is 10.2 Å². The summed E-state index contributed by atoms with van der Waals surface area (Å²) in [6.07, 6.45) is 3.17. The molecule has 1 aromatic carbocycles. The van der Waals surface area contributed by atoms with Gasteiger partial charge >= 0.3 is 0 Å². The topological polar surface area (TPSA) is 28.2 Å². The number of benzene rings is 1. The molecule has 2 atom stereocenters. The molecule has 0 saturated carbocycles. The van der Waals surface area contributed by atoms with Crippen molar-refractivity contribution in [2.24, 2.45) is 0 Å². The molecular weight excluding hydrogens is 210 g/mol.